The van der Waals surface area contributed by atoms with Crippen LogP contribution in [0.1, 0.15) is 21.8 Å². The van der Waals surface area contributed by atoms with Crippen LogP contribution in [0, 0.1) is 6.92 Å². The van der Waals surface area contributed by atoms with Crippen molar-refractivity contribution in [2.24, 2.45) is 7.05 Å². The molecule has 0 N–H and O–H groups in total. The summed E-state index contributed by atoms with van der Waals surface area (Å²) in [5.41, 5.74) is 2.73. The fraction of sp³-hybridized carbons (Fsp3) is 0.318. The van der Waals surface area contributed by atoms with Crippen molar-refractivity contribution >= 4 is 16.9 Å². The minimum Gasteiger partial charge on any atom is -0.468 e. The van der Waals surface area contributed by atoms with Gasteiger partial charge in [0.1, 0.15) is 11.5 Å². The van der Waals surface area contributed by atoms with Crippen LogP contribution in [0.25, 0.3) is 22.5 Å². The highest BCUT2D eigenvalue weighted by Crippen LogP contribution is 2.28. The minimum atomic E-state index is 0.00366. The first kappa shape index (κ1) is 18.6. The van der Waals surface area contributed by atoms with Gasteiger partial charge in [-0.25, -0.2) is 4.98 Å². The predicted molar refractivity (Wildman–Crippen MR) is 111 cm³/mol. The van der Waals surface area contributed by atoms with Gasteiger partial charge in [-0.1, -0.05) is 0 Å². The molecule has 5 heterocycles. The van der Waals surface area contributed by atoms with Crippen LogP contribution in [0.3, 0.4) is 0 Å². The first-order valence-corrected chi connectivity index (χ1v) is 10.0. The molecule has 0 unspecified atom stereocenters. The normalized spacial score (nSPS) is 15.2. The fourth-order valence-corrected chi connectivity index (χ4v) is 4.07. The third-order valence-corrected chi connectivity index (χ3v) is 5.59. The average Bonchev–Trinajstić information content (AvgIpc) is 3.51. The quantitative estimate of drug-likeness (QED) is 0.519. The maximum Gasteiger partial charge on any atom is 0.254 e. The Morgan fingerprint density at radius 3 is 2.57 bits per heavy atom. The van der Waals surface area contributed by atoms with E-state index in [1.807, 2.05) is 49.2 Å². The first-order chi connectivity index (χ1) is 14.6. The molecule has 0 spiro atoms. The average molecular weight is 405 g/mol. The summed E-state index contributed by atoms with van der Waals surface area (Å²) in [6.07, 6.45) is 3.30. The molecule has 8 nitrogen and oxygen atoms in total. The lowest BCUT2D eigenvalue weighted by Gasteiger charge is -2.34. The number of aromatic nitrogens is 3. The summed E-state index contributed by atoms with van der Waals surface area (Å²) in [7, 11) is 1.84. The summed E-state index contributed by atoms with van der Waals surface area (Å²) in [5.74, 6) is 1.58. The largest absolute Gasteiger partial charge is 0.468 e. The molecule has 0 atom stereocenters. The number of aryl methyl sites for hydroxylation is 2. The highest BCUT2D eigenvalue weighted by atomic mass is 16.3. The topological polar surface area (TPSA) is 80.5 Å². The maximum absolute atomic E-state index is 13.5. The SMILES string of the molecule is Cc1nn(C)c2nc(-c3ccco3)cc(C(=O)N3CCN(Cc4ccco4)CC3)c12. The van der Waals surface area contributed by atoms with E-state index in [-0.39, 0.29) is 5.91 Å². The van der Waals surface area contributed by atoms with Crippen molar-refractivity contribution in [2.75, 3.05) is 26.2 Å². The molecule has 154 valence electrons. The van der Waals surface area contributed by atoms with E-state index in [2.05, 4.69) is 10.00 Å². The Morgan fingerprint density at radius 2 is 1.87 bits per heavy atom. The molecule has 1 fully saturated rings. The third kappa shape index (κ3) is 3.29. The van der Waals surface area contributed by atoms with Crippen molar-refractivity contribution in [3.8, 4) is 11.5 Å². The van der Waals surface area contributed by atoms with E-state index in [1.54, 1.807) is 17.2 Å². The molecule has 4 aromatic heterocycles. The van der Waals surface area contributed by atoms with E-state index in [1.165, 1.54) is 0 Å². The van der Waals surface area contributed by atoms with Crippen LogP contribution in [0.2, 0.25) is 0 Å². The zero-order valence-electron chi connectivity index (χ0n) is 17.0. The number of hydrogen-bond donors (Lipinski definition) is 0. The van der Waals surface area contributed by atoms with Gasteiger partial charge in [-0.05, 0) is 37.3 Å². The predicted octanol–water partition coefficient (Wildman–Crippen LogP) is 3.09. The monoisotopic (exact) mass is 405 g/mol. The molecule has 0 bridgehead atoms. The molecule has 1 saturated heterocycles. The van der Waals surface area contributed by atoms with Crippen molar-refractivity contribution in [2.45, 2.75) is 13.5 Å². The van der Waals surface area contributed by atoms with Crippen LogP contribution in [-0.2, 0) is 13.6 Å². The number of carbonyl (C=O) groups excluding carboxylic acids is 1. The van der Waals surface area contributed by atoms with Gasteiger partial charge in [-0.3, -0.25) is 14.4 Å². The van der Waals surface area contributed by atoms with Gasteiger partial charge in [-0.2, -0.15) is 5.10 Å². The molecule has 30 heavy (non-hydrogen) atoms. The van der Waals surface area contributed by atoms with E-state index >= 15 is 0 Å². The van der Waals surface area contributed by atoms with Gasteiger partial charge in [0.05, 0.1) is 35.7 Å². The number of pyridine rings is 1. The molecular formula is C22H23N5O3. The number of carbonyl (C=O) groups is 1. The van der Waals surface area contributed by atoms with E-state index in [9.17, 15) is 4.79 Å². The lowest BCUT2D eigenvalue weighted by Crippen LogP contribution is -2.48. The number of rotatable bonds is 4. The second-order valence-electron chi connectivity index (χ2n) is 7.59. The third-order valence-electron chi connectivity index (χ3n) is 5.59. The second kappa shape index (κ2) is 7.46. The smallest absolute Gasteiger partial charge is 0.254 e. The van der Waals surface area contributed by atoms with Crippen LogP contribution < -0.4 is 0 Å². The van der Waals surface area contributed by atoms with Crippen LogP contribution in [-0.4, -0.2) is 56.7 Å². The molecule has 4 aromatic rings. The summed E-state index contributed by atoms with van der Waals surface area (Å²) in [5, 5.41) is 5.29. The summed E-state index contributed by atoms with van der Waals surface area (Å²) in [6, 6.07) is 9.37. The Labute approximate surface area is 173 Å². The highest BCUT2D eigenvalue weighted by molar-refractivity contribution is 6.07. The number of nitrogens with zero attached hydrogens (tertiary/aromatic N) is 5. The zero-order chi connectivity index (χ0) is 20.7. The molecule has 0 radical (unpaired) electrons. The van der Waals surface area contributed by atoms with Crippen LogP contribution in [0.5, 0.6) is 0 Å². The van der Waals surface area contributed by atoms with E-state index in [4.69, 9.17) is 13.8 Å². The Bertz CT molecular complexity index is 1170. The van der Waals surface area contributed by atoms with Crippen molar-refractivity contribution in [3.63, 3.8) is 0 Å². The first-order valence-electron chi connectivity index (χ1n) is 10.0. The molecular weight excluding hydrogens is 382 g/mol. The Hall–Kier alpha value is -3.39. The summed E-state index contributed by atoms with van der Waals surface area (Å²) >= 11 is 0. The molecule has 8 heteroatoms. The van der Waals surface area contributed by atoms with Crippen molar-refractivity contribution < 1.29 is 13.6 Å². The van der Waals surface area contributed by atoms with E-state index < -0.39 is 0 Å². The lowest BCUT2D eigenvalue weighted by atomic mass is 10.1. The Balaban J connectivity index is 1.43. The van der Waals surface area contributed by atoms with Gasteiger partial charge in [0.2, 0.25) is 0 Å². The van der Waals surface area contributed by atoms with Gasteiger partial charge < -0.3 is 13.7 Å². The van der Waals surface area contributed by atoms with E-state index in [0.29, 0.717) is 35.8 Å². The zero-order valence-corrected chi connectivity index (χ0v) is 17.0. The summed E-state index contributed by atoms with van der Waals surface area (Å²) in [4.78, 5) is 22.4. The molecule has 1 aliphatic heterocycles. The molecule has 1 aliphatic rings. The van der Waals surface area contributed by atoms with Crippen LogP contribution in [0.15, 0.2) is 51.7 Å². The number of piperazine rings is 1. The van der Waals surface area contributed by atoms with Crippen molar-refractivity contribution in [1.29, 1.82) is 0 Å². The minimum absolute atomic E-state index is 0.00366. The number of hydrogen-bond acceptors (Lipinski definition) is 6. The highest BCUT2D eigenvalue weighted by Gasteiger charge is 2.27. The summed E-state index contributed by atoms with van der Waals surface area (Å²) < 4.78 is 12.7. The Kier molecular flexibility index (Phi) is 4.63. The van der Waals surface area contributed by atoms with Gasteiger partial charge in [-0.15, -0.1) is 0 Å². The van der Waals surface area contributed by atoms with Gasteiger partial charge >= 0.3 is 0 Å². The van der Waals surface area contributed by atoms with Crippen molar-refractivity contribution in [1.82, 2.24) is 24.6 Å². The van der Waals surface area contributed by atoms with Crippen molar-refractivity contribution in [3.05, 3.63) is 59.9 Å². The van der Waals surface area contributed by atoms with Gasteiger partial charge in [0.15, 0.2) is 11.4 Å². The molecule has 5 rings (SSSR count). The maximum atomic E-state index is 13.5. The summed E-state index contributed by atoms with van der Waals surface area (Å²) in [6.45, 7) is 5.61. The fourth-order valence-electron chi connectivity index (χ4n) is 4.07. The number of fused-ring (bicyclic) bond motifs is 1. The van der Waals surface area contributed by atoms with E-state index in [0.717, 1.165) is 36.5 Å². The molecule has 1 amide bonds. The van der Waals surface area contributed by atoms with Crippen LogP contribution >= 0.6 is 0 Å². The number of furan rings is 2. The standard InChI is InChI=1S/C22H23N5O3/c1-15-20-17(13-18(19-6-4-12-30-19)23-21(20)25(2)24-15)22(28)27-9-7-26(8-10-27)14-16-5-3-11-29-16/h3-6,11-13H,7-10,14H2,1-2H3. The second-order valence-corrected chi connectivity index (χ2v) is 7.59. The molecule has 0 aromatic carbocycles. The molecule has 0 saturated carbocycles. The van der Waals surface area contributed by atoms with Crippen LogP contribution in [0.4, 0.5) is 0 Å². The number of amides is 1. The van der Waals surface area contributed by atoms with Gasteiger partial charge in [0, 0.05) is 33.2 Å². The molecule has 0 aliphatic carbocycles. The Morgan fingerprint density at radius 1 is 1.10 bits per heavy atom. The van der Waals surface area contributed by atoms with Gasteiger partial charge in [0.25, 0.3) is 5.91 Å². The lowest BCUT2D eigenvalue weighted by molar-refractivity contribution is 0.0622.